The number of alkyl carbamates (subject to hydrolysis) is 1. The Morgan fingerprint density at radius 3 is 1.86 bits per heavy atom. The molecule has 6 atom stereocenters. The summed E-state index contributed by atoms with van der Waals surface area (Å²) in [7, 11) is 1.28. The number of ether oxygens (including phenoxy) is 1. The van der Waals surface area contributed by atoms with Gasteiger partial charge in [0.25, 0.3) is 5.91 Å². The summed E-state index contributed by atoms with van der Waals surface area (Å²) in [5.74, 6) is 7.73. The molecule has 9 rings (SSSR count). The van der Waals surface area contributed by atoms with Crippen LogP contribution in [0.15, 0.2) is 122 Å². The maximum absolute atomic E-state index is 13.9. The minimum atomic E-state index is -0.943. The molecule has 0 radical (unpaired) electrons. The van der Waals surface area contributed by atoms with Crippen LogP contribution in [0.25, 0.3) is 22.5 Å². The SMILES string of the molecule is COC(=O)NC(C(=O)N1CCCC1c1ncc(-c2ccc(C#Cc3ccc(-c4cnc(C5CCCN5C(O)C(NC(=O)C5CCCN5)c5ccccc5)[nH]4)cc3)cc2)[nH]1)c1ccccc1. The number of aromatic nitrogens is 4. The molecule has 14 heteroatoms. The van der Waals surface area contributed by atoms with Gasteiger partial charge in [-0.3, -0.25) is 14.5 Å². The van der Waals surface area contributed by atoms with Crippen molar-refractivity contribution in [2.45, 2.75) is 75.0 Å². The Hall–Kier alpha value is -7.05. The zero-order chi connectivity index (χ0) is 44.7. The van der Waals surface area contributed by atoms with Crippen LogP contribution in [0.3, 0.4) is 0 Å². The highest BCUT2D eigenvalue weighted by molar-refractivity contribution is 5.87. The van der Waals surface area contributed by atoms with E-state index >= 15 is 0 Å². The number of hydrogen-bond acceptors (Lipinski definition) is 9. The lowest BCUT2D eigenvalue weighted by Crippen LogP contribution is -2.50. The Bertz CT molecular complexity index is 2630. The first-order chi connectivity index (χ1) is 31.8. The molecule has 3 saturated heterocycles. The second kappa shape index (κ2) is 19.8. The predicted molar refractivity (Wildman–Crippen MR) is 245 cm³/mol. The fraction of sp³-hybridized carbons (Fsp3) is 0.314. The van der Waals surface area contributed by atoms with Crippen molar-refractivity contribution in [2.75, 3.05) is 26.7 Å². The van der Waals surface area contributed by atoms with Crippen molar-refractivity contribution in [3.63, 3.8) is 0 Å². The van der Waals surface area contributed by atoms with Crippen molar-refractivity contribution >= 4 is 17.9 Å². The van der Waals surface area contributed by atoms with Gasteiger partial charge in [-0.1, -0.05) is 96.8 Å². The minimum absolute atomic E-state index is 0.0894. The number of nitrogens with zero attached hydrogens (tertiary/aromatic N) is 4. The van der Waals surface area contributed by atoms with Crippen molar-refractivity contribution in [3.8, 4) is 34.4 Å². The predicted octanol–water partition coefficient (Wildman–Crippen LogP) is 6.69. The van der Waals surface area contributed by atoms with Gasteiger partial charge in [-0.05, 0) is 91.6 Å². The number of H-pyrrole nitrogens is 2. The molecule has 0 bridgehead atoms. The van der Waals surface area contributed by atoms with Gasteiger partial charge in [-0.2, -0.15) is 0 Å². The normalized spacial score (nSPS) is 19.8. The number of carbonyl (C=O) groups is 3. The minimum Gasteiger partial charge on any atom is -0.453 e. The van der Waals surface area contributed by atoms with E-state index < -0.39 is 24.4 Å². The molecule has 5 heterocycles. The molecule has 332 valence electrons. The molecule has 3 aliphatic rings. The largest absolute Gasteiger partial charge is 0.453 e. The smallest absolute Gasteiger partial charge is 0.407 e. The third kappa shape index (κ3) is 9.73. The lowest BCUT2D eigenvalue weighted by atomic mass is 10.0. The maximum Gasteiger partial charge on any atom is 0.407 e. The van der Waals surface area contributed by atoms with Crippen molar-refractivity contribution in [2.24, 2.45) is 0 Å². The van der Waals surface area contributed by atoms with Crippen molar-refractivity contribution in [1.29, 1.82) is 0 Å². The zero-order valence-electron chi connectivity index (χ0n) is 36.2. The highest BCUT2D eigenvalue weighted by Crippen LogP contribution is 2.37. The number of benzene rings is 4. The number of imidazole rings is 2. The topological polar surface area (TPSA) is 181 Å². The van der Waals surface area contributed by atoms with Gasteiger partial charge in [0.1, 0.15) is 23.9 Å². The van der Waals surface area contributed by atoms with E-state index in [1.807, 2.05) is 120 Å². The van der Waals surface area contributed by atoms with Gasteiger partial charge in [0.2, 0.25) is 5.91 Å². The molecule has 6 unspecified atom stereocenters. The molecule has 0 spiro atoms. The summed E-state index contributed by atoms with van der Waals surface area (Å²) >= 11 is 0. The van der Waals surface area contributed by atoms with E-state index in [1.54, 1.807) is 11.1 Å². The Labute approximate surface area is 378 Å². The number of carbonyl (C=O) groups excluding carboxylic acids is 3. The number of hydrogen-bond donors (Lipinski definition) is 6. The number of aliphatic hydroxyl groups excluding tert-OH is 1. The molecule has 3 amide bonds. The molecule has 3 aliphatic heterocycles. The number of amides is 3. The molecule has 2 aromatic heterocycles. The Morgan fingerprint density at radius 2 is 1.28 bits per heavy atom. The van der Waals surface area contributed by atoms with Crippen LogP contribution in [-0.2, 0) is 14.3 Å². The van der Waals surface area contributed by atoms with Gasteiger partial charge in [-0.25, -0.2) is 14.8 Å². The molecular weight excluding hydrogens is 819 g/mol. The quantitative estimate of drug-likeness (QED) is 0.0731. The van der Waals surface area contributed by atoms with Gasteiger partial charge in [0.15, 0.2) is 0 Å². The van der Waals surface area contributed by atoms with Crippen molar-refractivity contribution < 1.29 is 24.2 Å². The summed E-state index contributed by atoms with van der Waals surface area (Å²) < 4.78 is 4.83. The van der Waals surface area contributed by atoms with Crippen LogP contribution in [0.5, 0.6) is 0 Å². The Balaban J connectivity index is 0.829. The summed E-state index contributed by atoms with van der Waals surface area (Å²) in [5.41, 5.74) is 6.89. The molecule has 4 aromatic carbocycles. The first-order valence-corrected chi connectivity index (χ1v) is 22.4. The van der Waals surface area contributed by atoms with Crippen LogP contribution >= 0.6 is 0 Å². The molecular formula is C51H53N9O5. The molecule has 65 heavy (non-hydrogen) atoms. The van der Waals surface area contributed by atoms with Crippen molar-refractivity contribution in [3.05, 3.63) is 155 Å². The first kappa shape index (κ1) is 43.2. The zero-order valence-corrected chi connectivity index (χ0v) is 36.2. The lowest BCUT2D eigenvalue weighted by Gasteiger charge is -2.35. The fourth-order valence-corrected chi connectivity index (χ4v) is 9.25. The molecule has 3 fully saturated rings. The van der Waals surface area contributed by atoms with E-state index in [1.165, 1.54) is 7.11 Å². The van der Waals surface area contributed by atoms with Crippen LogP contribution in [0.4, 0.5) is 4.79 Å². The summed E-state index contributed by atoms with van der Waals surface area (Å²) in [6.07, 6.45) is 7.05. The molecule has 14 nitrogen and oxygen atoms in total. The fourth-order valence-electron chi connectivity index (χ4n) is 9.25. The molecule has 0 aliphatic carbocycles. The monoisotopic (exact) mass is 871 g/mol. The van der Waals surface area contributed by atoms with E-state index in [0.29, 0.717) is 24.5 Å². The second-order valence-electron chi connectivity index (χ2n) is 16.8. The average Bonchev–Trinajstić information content (AvgIpc) is 4.22. The Kier molecular flexibility index (Phi) is 13.1. The number of nitrogens with one attached hydrogen (secondary N) is 5. The van der Waals surface area contributed by atoms with Crippen LogP contribution < -0.4 is 16.0 Å². The van der Waals surface area contributed by atoms with Gasteiger partial charge in [0.05, 0.1) is 55.1 Å². The van der Waals surface area contributed by atoms with Gasteiger partial charge in [-0.15, -0.1) is 0 Å². The number of aromatic amines is 2. The summed E-state index contributed by atoms with van der Waals surface area (Å²) in [4.78, 5) is 59.6. The second-order valence-corrected chi connectivity index (χ2v) is 16.8. The number of aliphatic hydroxyl groups is 1. The average molecular weight is 872 g/mol. The standard InChI is InChI=1S/C51H53N9O5/c1-65-51(64)58-45(38-13-6-3-7-14-38)50(63)60-30-10-17-43(60)47-54-32-41(56-47)36-26-22-34(23-27-36)19-18-33-20-24-35(25-21-33)40-31-53-46(55-40)42-16-9-29-59(42)49(62)44(37-11-4-2-5-12-37)57-48(61)39-15-8-28-52-39/h2-7,11-14,20-27,31-32,39,42-45,49,52,62H,8-10,15-17,28-30H2,1H3,(H,53,55)(H,54,56)(H,57,61)(H,58,64). The van der Waals surface area contributed by atoms with Crippen LogP contribution in [0.1, 0.15) is 96.6 Å². The third-order valence-corrected chi connectivity index (χ3v) is 12.7. The highest BCUT2D eigenvalue weighted by Gasteiger charge is 2.39. The van der Waals surface area contributed by atoms with Crippen LogP contribution in [-0.4, -0.2) is 91.8 Å². The highest BCUT2D eigenvalue weighted by atomic mass is 16.5. The van der Waals surface area contributed by atoms with Gasteiger partial charge < -0.3 is 40.7 Å². The van der Waals surface area contributed by atoms with Gasteiger partial charge >= 0.3 is 6.09 Å². The summed E-state index contributed by atoms with van der Waals surface area (Å²) in [5, 5.41) is 21.0. The summed E-state index contributed by atoms with van der Waals surface area (Å²) in [6.45, 7) is 2.05. The third-order valence-electron chi connectivity index (χ3n) is 12.7. The van der Waals surface area contributed by atoms with E-state index in [-0.39, 0.29) is 29.9 Å². The van der Waals surface area contributed by atoms with Crippen molar-refractivity contribution in [1.82, 2.24) is 45.7 Å². The number of rotatable bonds is 12. The first-order valence-electron chi connectivity index (χ1n) is 22.4. The van der Waals surface area contributed by atoms with E-state index in [9.17, 15) is 19.5 Å². The summed E-state index contributed by atoms with van der Waals surface area (Å²) in [6, 6.07) is 32.7. The maximum atomic E-state index is 13.9. The van der Waals surface area contributed by atoms with E-state index in [0.717, 1.165) is 90.1 Å². The van der Waals surface area contributed by atoms with Crippen LogP contribution in [0, 0.1) is 11.8 Å². The molecule has 0 saturated carbocycles. The molecule has 6 N–H and O–H groups in total. The van der Waals surface area contributed by atoms with Gasteiger partial charge in [0, 0.05) is 24.2 Å². The van der Waals surface area contributed by atoms with E-state index in [4.69, 9.17) is 9.72 Å². The molecule has 6 aromatic rings. The number of likely N-dealkylation sites (tertiary alicyclic amines) is 2. The Morgan fingerprint density at radius 1 is 0.708 bits per heavy atom. The van der Waals surface area contributed by atoms with Crippen LogP contribution in [0.2, 0.25) is 0 Å². The lowest BCUT2D eigenvalue weighted by molar-refractivity contribution is -0.134. The number of methoxy groups -OCH3 is 1. The van der Waals surface area contributed by atoms with E-state index in [2.05, 4.69) is 42.7 Å².